The third-order valence-corrected chi connectivity index (χ3v) is 4.48. The zero-order valence-corrected chi connectivity index (χ0v) is 14.8. The fourth-order valence-corrected chi connectivity index (χ4v) is 3.12. The normalized spacial score (nSPS) is 12.5. The summed E-state index contributed by atoms with van der Waals surface area (Å²) in [5.41, 5.74) is 3.06. The monoisotopic (exact) mass is 377 g/mol. The number of aromatic nitrogens is 4. The van der Waals surface area contributed by atoms with Crippen molar-refractivity contribution >= 4 is 17.2 Å². The van der Waals surface area contributed by atoms with Gasteiger partial charge in [-0.15, -0.1) is 15.3 Å². The van der Waals surface area contributed by atoms with E-state index in [-0.39, 0.29) is 6.79 Å². The lowest BCUT2D eigenvalue weighted by atomic mass is 10.1. The Kier molecular flexibility index (Phi) is 4.01. The molecule has 1 N–H and O–H groups in total. The SMILES string of the molecule is FCc1cccc(Nc2ccc3nnc(Cc4ccc5c(c4)OCO5)n3n2)c1. The van der Waals surface area contributed by atoms with E-state index in [1.54, 1.807) is 22.7 Å². The minimum atomic E-state index is -0.507. The Bertz CT molecular complexity index is 1160. The van der Waals surface area contributed by atoms with Crippen molar-refractivity contribution in [2.45, 2.75) is 13.1 Å². The summed E-state index contributed by atoms with van der Waals surface area (Å²) in [5.74, 6) is 2.80. The largest absolute Gasteiger partial charge is 0.454 e. The van der Waals surface area contributed by atoms with Crippen molar-refractivity contribution in [2.24, 2.45) is 0 Å². The molecule has 0 spiro atoms. The minimum Gasteiger partial charge on any atom is -0.454 e. The first kappa shape index (κ1) is 16.5. The number of benzene rings is 2. The van der Waals surface area contributed by atoms with Gasteiger partial charge in [0, 0.05) is 12.1 Å². The van der Waals surface area contributed by atoms with Crippen LogP contribution in [0.25, 0.3) is 5.65 Å². The van der Waals surface area contributed by atoms with E-state index in [9.17, 15) is 4.39 Å². The summed E-state index contributed by atoms with van der Waals surface area (Å²) in [6.07, 6.45) is 0.547. The Balaban J connectivity index is 1.43. The van der Waals surface area contributed by atoms with E-state index in [4.69, 9.17) is 9.47 Å². The molecule has 0 saturated heterocycles. The first-order valence-electron chi connectivity index (χ1n) is 8.80. The van der Waals surface area contributed by atoms with Crippen LogP contribution in [-0.2, 0) is 13.1 Å². The predicted molar refractivity (Wildman–Crippen MR) is 101 cm³/mol. The molecule has 0 aliphatic carbocycles. The second kappa shape index (κ2) is 6.80. The summed E-state index contributed by atoms with van der Waals surface area (Å²) in [7, 11) is 0. The average Bonchev–Trinajstić information content (AvgIpc) is 3.35. The Labute approximate surface area is 159 Å². The fraction of sp³-hybridized carbons (Fsp3) is 0.150. The van der Waals surface area contributed by atoms with E-state index < -0.39 is 6.67 Å². The molecule has 0 bridgehead atoms. The lowest BCUT2D eigenvalue weighted by Gasteiger charge is -2.07. The number of nitrogens with zero attached hydrogens (tertiary/aromatic N) is 4. The van der Waals surface area contributed by atoms with E-state index in [1.165, 1.54) is 0 Å². The third-order valence-electron chi connectivity index (χ3n) is 4.48. The molecule has 4 aromatic rings. The van der Waals surface area contributed by atoms with Gasteiger partial charge in [-0.1, -0.05) is 18.2 Å². The van der Waals surface area contributed by atoms with Gasteiger partial charge in [-0.3, -0.25) is 0 Å². The average molecular weight is 377 g/mol. The Hall–Kier alpha value is -3.68. The van der Waals surface area contributed by atoms with Crippen molar-refractivity contribution in [1.29, 1.82) is 0 Å². The molecule has 28 heavy (non-hydrogen) atoms. The van der Waals surface area contributed by atoms with Crippen molar-refractivity contribution < 1.29 is 13.9 Å². The van der Waals surface area contributed by atoms with Gasteiger partial charge in [0.15, 0.2) is 28.8 Å². The van der Waals surface area contributed by atoms with Crippen LogP contribution in [0.4, 0.5) is 15.9 Å². The molecule has 0 fully saturated rings. The molecule has 1 aliphatic rings. The summed E-state index contributed by atoms with van der Waals surface area (Å²) in [6, 6.07) is 16.6. The van der Waals surface area contributed by atoms with E-state index in [0.717, 1.165) is 22.7 Å². The zero-order valence-electron chi connectivity index (χ0n) is 14.8. The molecule has 8 heteroatoms. The van der Waals surface area contributed by atoms with Gasteiger partial charge in [-0.2, -0.15) is 4.52 Å². The molecule has 1 aliphatic heterocycles. The van der Waals surface area contributed by atoms with Crippen molar-refractivity contribution in [3.8, 4) is 11.5 Å². The summed E-state index contributed by atoms with van der Waals surface area (Å²) < 4.78 is 25.4. The zero-order chi connectivity index (χ0) is 18.9. The first-order valence-corrected chi connectivity index (χ1v) is 8.80. The molecular formula is C20H16FN5O2. The van der Waals surface area contributed by atoms with Gasteiger partial charge in [-0.05, 0) is 47.5 Å². The fourth-order valence-electron chi connectivity index (χ4n) is 3.12. The molecule has 140 valence electrons. The number of halogens is 1. The second-order valence-corrected chi connectivity index (χ2v) is 6.43. The number of alkyl halides is 1. The number of fused-ring (bicyclic) bond motifs is 2. The van der Waals surface area contributed by atoms with Gasteiger partial charge in [0.2, 0.25) is 6.79 Å². The maximum atomic E-state index is 12.9. The third kappa shape index (κ3) is 3.09. The summed E-state index contributed by atoms with van der Waals surface area (Å²) in [4.78, 5) is 0. The van der Waals surface area contributed by atoms with Gasteiger partial charge in [0.1, 0.15) is 6.67 Å². The summed E-state index contributed by atoms with van der Waals surface area (Å²) in [6.45, 7) is -0.264. The molecule has 0 saturated carbocycles. The van der Waals surface area contributed by atoms with Crippen LogP contribution in [0.1, 0.15) is 17.0 Å². The first-order chi connectivity index (χ1) is 13.8. The second-order valence-electron chi connectivity index (χ2n) is 6.43. The maximum absolute atomic E-state index is 12.9. The van der Waals surface area contributed by atoms with E-state index >= 15 is 0 Å². The van der Waals surface area contributed by atoms with Gasteiger partial charge >= 0.3 is 0 Å². The Morgan fingerprint density at radius 3 is 2.82 bits per heavy atom. The molecule has 0 atom stereocenters. The number of rotatable bonds is 5. The van der Waals surface area contributed by atoms with Gasteiger partial charge in [-0.25, -0.2) is 4.39 Å². The predicted octanol–water partition coefficient (Wildman–Crippen LogP) is 3.66. The molecule has 0 radical (unpaired) electrons. The van der Waals surface area contributed by atoms with Crippen LogP contribution in [0.3, 0.4) is 0 Å². The number of ether oxygens (including phenoxy) is 2. The van der Waals surface area contributed by atoms with Crippen LogP contribution in [0.15, 0.2) is 54.6 Å². The lowest BCUT2D eigenvalue weighted by molar-refractivity contribution is 0.174. The van der Waals surface area contributed by atoms with Crippen LogP contribution in [0.5, 0.6) is 11.5 Å². The highest BCUT2D eigenvalue weighted by Crippen LogP contribution is 2.33. The molecule has 0 unspecified atom stereocenters. The summed E-state index contributed by atoms with van der Waals surface area (Å²) in [5, 5.41) is 16.2. The molecule has 5 rings (SSSR count). The van der Waals surface area contributed by atoms with Crippen molar-refractivity contribution in [3.05, 3.63) is 71.5 Å². The van der Waals surface area contributed by atoms with Crippen LogP contribution < -0.4 is 14.8 Å². The van der Waals surface area contributed by atoms with Crippen LogP contribution in [-0.4, -0.2) is 26.6 Å². The molecule has 2 aromatic carbocycles. The standard InChI is InChI=1S/C20H16FN5O2/c21-11-14-2-1-3-15(8-14)22-18-6-7-19-23-24-20(26(19)25-18)10-13-4-5-16-17(9-13)28-12-27-16/h1-9H,10-12H2,(H,22,25). The van der Waals surface area contributed by atoms with Crippen molar-refractivity contribution in [1.82, 2.24) is 19.8 Å². The van der Waals surface area contributed by atoms with Crippen LogP contribution >= 0.6 is 0 Å². The Morgan fingerprint density at radius 2 is 1.89 bits per heavy atom. The highest BCUT2D eigenvalue weighted by Gasteiger charge is 2.15. The number of hydrogen-bond acceptors (Lipinski definition) is 6. The molecule has 2 aromatic heterocycles. The highest BCUT2D eigenvalue weighted by molar-refractivity contribution is 5.58. The quantitative estimate of drug-likeness (QED) is 0.572. The van der Waals surface area contributed by atoms with Gasteiger partial charge in [0.25, 0.3) is 0 Å². The van der Waals surface area contributed by atoms with E-state index in [0.29, 0.717) is 29.3 Å². The van der Waals surface area contributed by atoms with Crippen molar-refractivity contribution in [3.63, 3.8) is 0 Å². The van der Waals surface area contributed by atoms with Gasteiger partial charge in [0.05, 0.1) is 0 Å². The Morgan fingerprint density at radius 1 is 0.964 bits per heavy atom. The van der Waals surface area contributed by atoms with Gasteiger partial charge < -0.3 is 14.8 Å². The molecule has 3 heterocycles. The molecular weight excluding hydrogens is 361 g/mol. The maximum Gasteiger partial charge on any atom is 0.231 e. The summed E-state index contributed by atoms with van der Waals surface area (Å²) >= 11 is 0. The van der Waals surface area contributed by atoms with E-state index in [2.05, 4.69) is 20.6 Å². The van der Waals surface area contributed by atoms with Crippen LogP contribution in [0.2, 0.25) is 0 Å². The number of nitrogens with one attached hydrogen (secondary N) is 1. The van der Waals surface area contributed by atoms with Crippen molar-refractivity contribution in [2.75, 3.05) is 12.1 Å². The number of anilines is 2. The topological polar surface area (TPSA) is 73.6 Å². The minimum absolute atomic E-state index is 0.243. The molecule has 0 amide bonds. The van der Waals surface area contributed by atoms with E-state index in [1.807, 2.05) is 36.4 Å². The highest BCUT2D eigenvalue weighted by atomic mass is 19.1. The lowest BCUT2D eigenvalue weighted by Crippen LogP contribution is -2.03. The number of hydrogen-bond donors (Lipinski definition) is 1. The smallest absolute Gasteiger partial charge is 0.231 e. The van der Waals surface area contributed by atoms with Crippen LogP contribution in [0, 0.1) is 0 Å². The molecule has 7 nitrogen and oxygen atoms in total.